The first-order valence-corrected chi connectivity index (χ1v) is 12.8. The highest BCUT2D eigenvalue weighted by molar-refractivity contribution is 5.94. The fraction of sp³-hybridized carbons (Fsp3) is 0.258. The van der Waals surface area contributed by atoms with Crippen molar-refractivity contribution < 1.29 is 4.74 Å². The van der Waals surface area contributed by atoms with Crippen molar-refractivity contribution in [1.82, 2.24) is 5.32 Å². The lowest BCUT2D eigenvalue weighted by atomic mass is 9.91. The van der Waals surface area contributed by atoms with Gasteiger partial charge in [0.1, 0.15) is 12.4 Å². The molecular formula is C31H34N4O. The molecule has 0 amide bonds. The first-order chi connectivity index (χ1) is 17.7. The Labute approximate surface area is 213 Å². The van der Waals surface area contributed by atoms with Gasteiger partial charge in [-0.3, -0.25) is 0 Å². The number of aliphatic imine (C=N–C) groups is 1. The fourth-order valence-corrected chi connectivity index (χ4v) is 4.74. The highest BCUT2D eigenvalue weighted by Gasteiger charge is 2.22. The molecule has 0 heterocycles. The summed E-state index contributed by atoms with van der Waals surface area (Å²) in [5.41, 5.74) is 9.75. The van der Waals surface area contributed by atoms with Crippen LogP contribution in [0.4, 0.5) is 5.69 Å². The summed E-state index contributed by atoms with van der Waals surface area (Å²) in [7, 11) is 0. The molecule has 5 heteroatoms. The Hall–Kier alpha value is -3.83. The van der Waals surface area contributed by atoms with E-state index in [0.29, 0.717) is 13.2 Å². The Morgan fingerprint density at radius 3 is 2.42 bits per heavy atom. The molecule has 1 aliphatic carbocycles. The summed E-state index contributed by atoms with van der Waals surface area (Å²) in [5, 5.41) is 9.57. The van der Waals surface area contributed by atoms with Crippen LogP contribution in [-0.2, 0) is 13.2 Å². The zero-order valence-corrected chi connectivity index (χ0v) is 20.6. The van der Waals surface area contributed by atoms with E-state index in [2.05, 4.69) is 65.2 Å². The molecule has 0 spiro atoms. The smallest absolute Gasteiger partial charge is 0.196 e. The predicted octanol–water partition coefficient (Wildman–Crippen LogP) is 6.25. The van der Waals surface area contributed by atoms with Crippen LogP contribution in [0.2, 0.25) is 0 Å². The lowest BCUT2D eigenvalue weighted by molar-refractivity contribution is 0.306. The molecule has 4 aromatic rings. The molecular weight excluding hydrogens is 444 g/mol. The van der Waals surface area contributed by atoms with Crippen LogP contribution in [0.3, 0.4) is 0 Å². The zero-order valence-electron chi connectivity index (χ0n) is 20.6. The van der Waals surface area contributed by atoms with Gasteiger partial charge in [0.2, 0.25) is 0 Å². The maximum absolute atomic E-state index is 6.44. The summed E-state index contributed by atoms with van der Waals surface area (Å²) in [5.74, 6) is 1.59. The van der Waals surface area contributed by atoms with Crippen molar-refractivity contribution >= 4 is 22.4 Å². The van der Waals surface area contributed by atoms with Crippen LogP contribution < -0.4 is 21.1 Å². The Balaban J connectivity index is 1.31. The minimum Gasteiger partial charge on any atom is -0.489 e. The van der Waals surface area contributed by atoms with Crippen molar-refractivity contribution in [2.24, 2.45) is 10.7 Å². The molecule has 0 bridgehead atoms. The van der Waals surface area contributed by atoms with Crippen molar-refractivity contribution in [3.05, 3.63) is 108 Å². The third-order valence-electron chi connectivity index (χ3n) is 6.79. The summed E-state index contributed by atoms with van der Waals surface area (Å²) in [6.07, 6.45) is 4.49. The van der Waals surface area contributed by atoms with Gasteiger partial charge in [-0.25, -0.2) is 4.99 Å². The van der Waals surface area contributed by atoms with Crippen LogP contribution in [0.5, 0.6) is 5.75 Å². The number of ether oxygens (including phenoxy) is 1. The number of guanidine groups is 1. The highest BCUT2D eigenvalue weighted by atomic mass is 16.5. The number of nitrogens with one attached hydrogen (secondary N) is 2. The quantitative estimate of drug-likeness (QED) is 0.217. The first-order valence-electron chi connectivity index (χ1n) is 12.8. The van der Waals surface area contributed by atoms with Crippen molar-refractivity contribution in [3.8, 4) is 5.75 Å². The summed E-state index contributed by atoms with van der Waals surface area (Å²) in [6, 6.07) is 33.4. The van der Waals surface area contributed by atoms with E-state index in [1.807, 2.05) is 42.5 Å². The van der Waals surface area contributed by atoms with Gasteiger partial charge in [-0.2, -0.15) is 0 Å². The highest BCUT2D eigenvalue weighted by Crippen LogP contribution is 2.21. The number of hydrogen-bond donors (Lipinski definition) is 3. The van der Waals surface area contributed by atoms with Crippen LogP contribution in [-0.4, -0.2) is 18.0 Å². The molecule has 0 unspecified atom stereocenters. The van der Waals surface area contributed by atoms with Gasteiger partial charge in [-0.15, -0.1) is 0 Å². The molecule has 0 aliphatic heterocycles. The molecule has 0 saturated heterocycles. The number of anilines is 1. The van der Waals surface area contributed by atoms with E-state index in [1.165, 1.54) is 29.2 Å². The minimum absolute atomic E-state index is 0.136. The van der Waals surface area contributed by atoms with Gasteiger partial charge in [0, 0.05) is 17.8 Å². The third-order valence-corrected chi connectivity index (χ3v) is 6.79. The monoisotopic (exact) mass is 478 g/mol. The van der Waals surface area contributed by atoms with Gasteiger partial charge in [-0.05, 0) is 59.0 Å². The van der Waals surface area contributed by atoms with Gasteiger partial charge >= 0.3 is 0 Å². The van der Waals surface area contributed by atoms with Crippen LogP contribution in [0.1, 0.15) is 36.8 Å². The van der Waals surface area contributed by atoms with Crippen LogP contribution in [0.15, 0.2) is 102 Å². The Morgan fingerprint density at radius 1 is 0.833 bits per heavy atom. The standard InChI is InChI=1S/C31H34N4O/c32-29-15-6-7-16-30(29)35-31(33-21-25-13-8-12-24-11-4-5-14-28(24)25)34-26-17-19-27(20-18-26)36-22-23-9-2-1-3-10-23/h1-5,8-14,17-20,29-30H,6-7,15-16,21-22,32H2,(H2,33,34,35)/t29-,30-/m0/s1. The molecule has 36 heavy (non-hydrogen) atoms. The molecule has 1 fully saturated rings. The van der Waals surface area contributed by atoms with Gasteiger partial charge in [-0.1, -0.05) is 85.6 Å². The SMILES string of the molecule is N[C@H]1CCCC[C@@H]1NC(=NCc1cccc2ccccc12)Nc1ccc(OCc2ccccc2)cc1. The van der Waals surface area contributed by atoms with E-state index >= 15 is 0 Å². The first kappa shape index (κ1) is 23.9. The predicted molar refractivity (Wildman–Crippen MR) is 149 cm³/mol. The summed E-state index contributed by atoms with van der Waals surface area (Å²) in [4.78, 5) is 4.97. The van der Waals surface area contributed by atoms with Crippen LogP contribution in [0.25, 0.3) is 10.8 Å². The summed E-state index contributed by atoms with van der Waals surface area (Å²) in [6.45, 7) is 1.13. The Bertz CT molecular complexity index is 1280. The van der Waals surface area contributed by atoms with E-state index in [0.717, 1.165) is 35.8 Å². The largest absolute Gasteiger partial charge is 0.489 e. The molecule has 4 aromatic carbocycles. The number of rotatable bonds is 7. The average molecular weight is 479 g/mol. The summed E-state index contributed by atoms with van der Waals surface area (Å²) >= 11 is 0. The van der Waals surface area contributed by atoms with Gasteiger partial charge < -0.3 is 21.1 Å². The van der Waals surface area contributed by atoms with E-state index in [9.17, 15) is 0 Å². The number of nitrogens with zero attached hydrogens (tertiary/aromatic N) is 1. The van der Waals surface area contributed by atoms with Gasteiger partial charge in [0.15, 0.2) is 5.96 Å². The average Bonchev–Trinajstić information content (AvgIpc) is 2.93. The second kappa shape index (κ2) is 11.7. The number of hydrogen-bond acceptors (Lipinski definition) is 3. The minimum atomic E-state index is 0.136. The van der Waals surface area contributed by atoms with E-state index in [1.54, 1.807) is 0 Å². The fourth-order valence-electron chi connectivity index (χ4n) is 4.74. The second-order valence-corrected chi connectivity index (χ2v) is 9.43. The lowest BCUT2D eigenvalue weighted by Crippen LogP contribution is -2.51. The molecule has 184 valence electrons. The molecule has 5 rings (SSSR count). The van der Waals surface area contributed by atoms with Crippen molar-refractivity contribution in [1.29, 1.82) is 0 Å². The molecule has 0 radical (unpaired) electrons. The Kier molecular flexibility index (Phi) is 7.79. The van der Waals surface area contributed by atoms with Gasteiger partial charge in [0.05, 0.1) is 6.54 Å². The lowest BCUT2D eigenvalue weighted by Gasteiger charge is -2.30. The molecule has 4 N–H and O–H groups in total. The van der Waals surface area contributed by atoms with E-state index in [4.69, 9.17) is 15.5 Å². The van der Waals surface area contributed by atoms with Crippen LogP contribution in [0, 0.1) is 0 Å². The maximum Gasteiger partial charge on any atom is 0.196 e. The third kappa shape index (κ3) is 6.23. The van der Waals surface area contributed by atoms with Gasteiger partial charge in [0.25, 0.3) is 0 Å². The molecule has 1 aliphatic rings. The number of fused-ring (bicyclic) bond motifs is 1. The van der Waals surface area contributed by atoms with Crippen LogP contribution >= 0.6 is 0 Å². The van der Waals surface area contributed by atoms with Crippen molar-refractivity contribution in [2.75, 3.05) is 5.32 Å². The van der Waals surface area contributed by atoms with Crippen molar-refractivity contribution in [3.63, 3.8) is 0 Å². The zero-order chi connectivity index (χ0) is 24.6. The molecule has 1 saturated carbocycles. The topological polar surface area (TPSA) is 71.7 Å². The normalized spacial score (nSPS) is 18.1. The molecule has 0 aromatic heterocycles. The second-order valence-electron chi connectivity index (χ2n) is 9.43. The summed E-state index contributed by atoms with van der Waals surface area (Å²) < 4.78 is 5.94. The van der Waals surface area contributed by atoms with E-state index in [-0.39, 0.29) is 12.1 Å². The maximum atomic E-state index is 6.44. The van der Waals surface area contributed by atoms with E-state index < -0.39 is 0 Å². The van der Waals surface area contributed by atoms with Crippen molar-refractivity contribution in [2.45, 2.75) is 50.9 Å². The molecule has 2 atom stereocenters. The number of benzene rings is 4. The number of nitrogens with two attached hydrogens (primary N) is 1. The molecule has 5 nitrogen and oxygen atoms in total. The Morgan fingerprint density at radius 2 is 1.58 bits per heavy atom.